The molecular formula is C10H8ClN3O. The second-order valence-corrected chi connectivity index (χ2v) is 3.94. The summed E-state index contributed by atoms with van der Waals surface area (Å²) < 4.78 is 0. The molecule has 1 fully saturated rings. The number of amides is 1. The molecule has 0 spiro atoms. The lowest BCUT2D eigenvalue weighted by molar-refractivity contribution is -0.117. The fourth-order valence-electron chi connectivity index (χ4n) is 1.52. The number of anilines is 1. The van der Waals surface area contributed by atoms with Gasteiger partial charge in [0.25, 0.3) is 0 Å². The number of hydrogen-bond acceptors (Lipinski definition) is 3. The second kappa shape index (κ2) is 3.87. The van der Waals surface area contributed by atoms with Crippen LogP contribution in [-0.4, -0.2) is 22.8 Å². The average molecular weight is 222 g/mol. The first kappa shape index (κ1) is 9.94. The van der Waals surface area contributed by atoms with Crippen LogP contribution < -0.4 is 4.90 Å². The van der Waals surface area contributed by atoms with Gasteiger partial charge in [0.15, 0.2) is 0 Å². The zero-order valence-electron chi connectivity index (χ0n) is 7.85. The van der Waals surface area contributed by atoms with Gasteiger partial charge in [-0.15, -0.1) is 11.6 Å². The number of carbonyl (C=O) groups is 1. The molecule has 1 aliphatic rings. The number of halogens is 1. The van der Waals surface area contributed by atoms with Crippen molar-refractivity contribution in [1.82, 2.24) is 4.98 Å². The number of alkyl halides is 1. The molecule has 15 heavy (non-hydrogen) atoms. The normalized spacial score (nSPS) is 20.4. The van der Waals surface area contributed by atoms with E-state index in [0.29, 0.717) is 24.3 Å². The Kier molecular flexibility index (Phi) is 2.57. The van der Waals surface area contributed by atoms with Crippen LogP contribution in [0, 0.1) is 11.3 Å². The molecule has 5 heteroatoms. The van der Waals surface area contributed by atoms with Crippen LogP contribution in [0.25, 0.3) is 0 Å². The van der Waals surface area contributed by atoms with Crippen molar-refractivity contribution in [3.63, 3.8) is 0 Å². The molecule has 2 rings (SSSR count). The van der Waals surface area contributed by atoms with Crippen molar-refractivity contribution in [3.8, 4) is 6.07 Å². The van der Waals surface area contributed by atoms with Gasteiger partial charge in [0, 0.05) is 19.2 Å². The Balaban J connectivity index is 2.30. The van der Waals surface area contributed by atoms with Crippen molar-refractivity contribution in [2.24, 2.45) is 0 Å². The third-order valence-corrected chi connectivity index (χ3v) is 2.52. The van der Waals surface area contributed by atoms with Gasteiger partial charge in [-0.25, -0.2) is 4.98 Å². The number of aromatic nitrogens is 1. The van der Waals surface area contributed by atoms with E-state index in [9.17, 15) is 4.79 Å². The second-order valence-electron chi connectivity index (χ2n) is 3.32. The maximum atomic E-state index is 11.5. The van der Waals surface area contributed by atoms with E-state index >= 15 is 0 Å². The lowest BCUT2D eigenvalue weighted by atomic mass is 10.3. The lowest BCUT2D eigenvalue weighted by Crippen LogP contribution is -2.25. The van der Waals surface area contributed by atoms with Gasteiger partial charge in [-0.05, 0) is 12.1 Å². The Bertz CT molecular complexity index is 441. The number of carbonyl (C=O) groups excluding carboxylic acids is 1. The largest absolute Gasteiger partial charge is 0.295 e. The number of nitriles is 1. The Morgan fingerprint density at radius 1 is 1.67 bits per heavy atom. The zero-order chi connectivity index (χ0) is 10.8. The van der Waals surface area contributed by atoms with E-state index in [1.54, 1.807) is 12.1 Å². The maximum Gasteiger partial charge on any atom is 0.229 e. The summed E-state index contributed by atoms with van der Waals surface area (Å²) in [5.41, 5.74) is 0.492. The standard InChI is InChI=1S/C10H8ClN3O/c11-8-4-10(15)14(6-8)9-3-7(5-12)1-2-13-9/h1-3,8H,4,6H2. The molecule has 1 aliphatic heterocycles. The molecule has 0 radical (unpaired) electrons. The first-order valence-corrected chi connectivity index (χ1v) is 4.95. The monoisotopic (exact) mass is 221 g/mol. The van der Waals surface area contributed by atoms with Crippen LogP contribution >= 0.6 is 11.6 Å². The predicted octanol–water partition coefficient (Wildman–Crippen LogP) is 1.30. The highest BCUT2D eigenvalue weighted by molar-refractivity contribution is 6.24. The van der Waals surface area contributed by atoms with Gasteiger partial charge < -0.3 is 0 Å². The smallest absolute Gasteiger partial charge is 0.229 e. The third kappa shape index (κ3) is 1.92. The summed E-state index contributed by atoms with van der Waals surface area (Å²) in [6.07, 6.45) is 1.85. The van der Waals surface area contributed by atoms with Gasteiger partial charge in [-0.3, -0.25) is 9.69 Å². The Hall–Kier alpha value is -1.60. The van der Waals surface area contributed by atoms with E-state index in [2.05, 4.69) is 4.98 Å². The SMILES string of the molecule is N#Cc1ccnc(N2CC(Cl)CC2=O)c1. The molecular weight excluding hydrogens is 214 g/mol. The first-order valence-electron chi connectivity index (χ1n) is 4.51. The Morgan fingerprint density at radius 2 is 2.47 bits per heavy atom. The molecule has 76 valence electrons. The molecule has 0 saturated carbocycles. The van der Waals surface area contributed by atoms with Gasteiger partial charge in [0.2, 0.25) is 5.91 Å². The fourth-order valence-corrected chi connectivity index (χ4v) is 1.79. The molecule has 0 N–H and O–H groups in total. The summed E-state index contributed by atoms with van der Waals surface area (Å²) in [5, 5.41) is 8.55. The minimum atomic E-state index is -0.162. The van der Waals surface area contributed by atoms with E-state index < -0.39 is 0 Å². The van der Waals surface area contributed by atoms with E-state index in [4.69, 9.17) is 16.9 Å². The average Bonchev–Trinajstić information content (AvgIpc) is 2.58. The lowest BCUT2D eigenvalue weighted by Gasteiger charge is -2.14. The molecule has 4 nitrogen and oxygen atoms in total. The summed E-state index contributed by atoms with van der Waals surface area (Å²) in [6.45, 7) is 0.461. The van der Waals surface area contributed by atoms with Gasteiger partial charge in [-0.1, -0.05) is 0 Å². The zero-order valence-corrected chi connectivity index (χ0v) is 8.61. The summed E-state index contributed by atoms with van der Waals surface area (Å²) in [7, 11) is 0. The number of rotatable bonds is 1. The van der Waals surface area contributed by atoms with Crippen LogP contribution in [-0.2, 0) is 4.79 Å². The minimum absolute atomic E-state index is 0.0439. The summed E-state index contributed by atoms with van der Waals surface area (Å²) >= 11 is 5.87. The van der Waals surface area contributed by atoms with Crippen LogP contribution in [0.1, 0.15) is 12.0 Å². The van der Waals surface area contributed by atoms with Crippen molar-refractivity contribution in [2.45, 2.75) is 11.8 Å². The van der Waals surface area contributed by atoms with E-state index in [-0.39, 0.29) is 11.3 Å². The minimum Gasteiger partial charge on any atom is -0.295 e. The molecule has 1 unspecified atom stereocenters. The molecule has 2 heterocycles. The number of hydrogen-bond donors (Lipinski definition) is 0. The molecule has 0 bridgehead atoms. The van der Waals surface area contributed by atoms with Crippen LogP contribution in [0.15, 0.2) is 18.3 Å². The third-order valence-electron chi connectivity index (χ3n) is 2.23. The highest BCUT2D eigenvalue weighted by Crippen LogP contribution is 2.22. The van der Waals surface area contributed by atoms with Crippen molar-refractivity contribution in [1.29, 1.82) is 5.26 Å². The van der Waals surface area contributed by atoms with Crippen LogP contribution in [0.2, 0.25) is 0 Å². The van der Waals surface area contributed by atoms with Crippen LogP contribution in [0.3, 0.4) is 0 Å². The summed E-state index contributed by atoms with van der Waals surface area (Å²) in [6, 6.07) is 5.20. The molecule has 0 aromatic carbocycles. The van der Waals surface area contributed by atoms with Crippen molar-refractivity contribution in [3.05, 3.63) is 23.9 Å². The molecule has 1 aromatic heterocycles. The molecule has 1 aromatic rings. The quantitative estimate of drug-likeness (QED) is 0.672. The maximum absolute atomic E-state index is 11.5. The van der Waals surface area contributed by atoms with Crippen LogP contribution in [0.5, 0.6) is 0 Å². The highest BCUT2D eigenvalue weighted by Gasteiger charge is 2.29. The van der Waals surface area contributed by atoms with Gasteiger partial charge in [0.1, 0.15) is 5.82 Å². The Morgan fingerprint density at radius 3 is 3.07 bits per heavy atom. The summed E-state index contributed by atoms with van der Waals surface area (Å²) in [4.78, 5) is 17.1. The predicted molar refractivity (Wildman–Crippen MR) is 55.6 cm³/mol. The van der Waals surface area contributed by atoms with E-state index in [0.717, 1.165) is 0 Å². The van der Waals surface area contributed by atoms with E-state index in [1.165, 1.54) is 11.1 Å². The van der Waals surface area contributed by atoms with Crippen LogP contribution in [0.4, 0.5) is 5.82 Å². The fraction of sp³-hybridized carbons (Fsp3) is 0.300. The first-order chi connectivity index (χ1) is 7.20. The molecule has 0 aliphatic carbocycles. The number of pyridine rings is 1. The number of nitrogens with zero attached hydrogens (tertiary/aromatic N) is 3. The molecule has 1 saturated heterocycles. The molecule has 1 amide bonds. The van der Waals surface area contributed by atoms with Gasteiger partial charge >= 0.3 is 0 Å². The summed E-state index contributed by atoms with van der Waals surface area (Å²) in [5.74, 6) is 0.458. The molecule has 1 atom stereocenters. The van der Waals surface area contributed by atoms with Crippen molar-refractivity contribution >= 4 is 23.3 Å². The Labute approximate surface area is 92.1 Å². The topological polar surface area (TPSA) is 57.0 Å². The van der Waals surface area contributed by atoms with Gasteiger partial charge in [0.05, 0.1) is 17.0 Å². The van der Waals surface area contributed by atoms with E-state index in [1.807, 2.05) is 6.07 Å². The van der Waals surface area contributed by atoms with Gasteiger partial charge in [-0.2, -0.15) is 5.26 Å². The van der Waals surface area contributed by atoms with Crippen molar-refractivity contribution in [2.75, 3.05) is 11.4 Å². The van der Waals surface area contributed by atoms with Crippen molar-refractivity contribution < 1.29 is 4.79 Å². The highest BCUT2D eigenvalue weighted by atomic mass is 35.5.